The minimum atomic E-state index is -0.144. The van der Waals surface area contributed by atoms with Crippen molar-refractivity contribution in [3.8, 4) is 11.5 Å². The fourth-order valence-corrected chi connectivity index (χ4v) is 3.46. The molecule has 1 heterocycles. The number of hydrogen-bond acceptors (Lipinski definition) is 5. The highest BCUT2D eigenvalue weighted by atomic mass is 16.5. The van der Waals surface area contributed by atoms with E-state index in [0.717, 1.165) is 18.7 Å². The van der Waals surface area contributed by atoms with Gasteiger partial charge < -0.3 is 19.5 Å². The molecule has 2 rings (SSSR count). The molecule has 1 aliphatic heterocycles. The molecule has 1 amide bonds. The van der Waals surface area contributed by atoms with Crippen LogP contribution in [0.25, 0.3) is 6.08 Å². The van der Waals surface area contributed by atoms with Gasteiger partial charge in [0, 0.05) is 31.2 Å². The van der Waals surface area contributed by atoms with Gasteiger partial charge in [0.15, 0.2) is 11.5 Å². The molecule has 1 N–H and O–H groups in total. The van der Waals surface area contributed by atoms with Crippen molar-refractivity contribution in [3.63, 3.8) is 0 Å². The molecule has 1 aromatic rings. The molecule has 1 aromatic carbocycles. The summed E-state index contributed by atoms with van der Waals surface area (Å²) in [6.45, 7) is 14.7. The van der Waals surface area contributed by atoms with Crippen LogP contribution in [0.15, 0.2) is 24.3 Å². The van der Waals surface area contributed by atoms with Crippen LogP contribution in [0.4, 0.5) is 0 Å². The maximum atomic E-state index is 12.3. The number of amides is 1. The van der Waals surface area contributed by atoms with Gasteiger partial charge >= 0.3 is 0 Å². The van der Waals surface area contributed by atoms with Gasteiger partial charge in [0.25, 0.3) is 0 Å². The van der Waals surface area contributed by atoms with E-state index in [2.05, 4.69) is 37.9 Å². The summed E-state index contributed by atoms with van der Waals surface area (Å²) in [5.41, 5.74) is 0.734. The maximum absolute atomic E-state index is 12.3. The van der Waals surface area contributed by atoms with Crippen molar-refractivity contribution in [2.24, 2.45) is 0 Å². The fraction of sp³-hybridized carbons (Fsp3) is 0.609. The van der Waals surface area contributed by atoms with Crippen molar-refractivity contribution >= 4 is 12.0 Å². The predicted molar refractivity (Wildman–Crippen MR) is 116 cm³/mol. The minimum Gasteiger partial charge on any atom is -0.493 e. The number of nitrogens with zero attached hydrogens (tertiary/aromatic N) is 1. The second-order valence-electron chi connectivity index (χ2n) is 8.60. The smallest absolute Gasteiger partial charge is 0.244 e. The maximum Gasteiger partial charge on any atom is 0.244 e. The van der Waals surface area contributed by atoms with Gasteiger partial charge in [0.2, 0.25) is 5.91 Å². The summed E-state index contributed by atoms with van der Waals surface area (Å²) in [5, 5.41) is 3.02. The van der Waals surface area contributed by atoms with Crippen LogP contribution in [0.5, 0.6) is 11.5 Å². The third kappa shape index (κ3) is 7.05. The Labute approximate surface area is 175 Å². The number of hydrogen-bond donors (Lipinski definition) is 1. The highest BCUT2D eigenvalue weighted by Crippen LogP contribution is 2.29. The van der Waals surface area contributed by atoms with E-state index in [4.69, 9.17) is 14.2 Å². The summed E-state index contributed by atoms with van der Waals surface area (Å²) in [6.07, 6.45) is 3.80. The van der Waals surface area contributed by atoms with Gasteiger partial charge in [-0.1, -0.05) is 6.07 Å². The molecule has 6 nitrogen and oxygen atoms in total. The Morgan fingerprint density at radius 1 is 1.28 bits per heavy atom. The van der Waals surface area contributed by atoms with Crippen molar-refractivity contribution in [1.82, 2.24) is 10.2 Å². The molecule has 0 saturated carbocycles. The fourth-order valence-electron chi connectivity index (χ4n) is 3.46. The molecule has 0 aromatic heterocycles. The highest BCUT2D eigenvalue weighted by Gasteiger charge is 2.33. The second kappa shape index (κ2) is 10.1. The van der Waals surface area contributed by atoms with Crippen LogP contribution >= 0.6 is 0 Å². The number of ether oxygens (including phenoxy) is 3. The molecule has 1 saturated heterocycles. The SMILES string of the molecule is COc1cc(/C=C/C(=O)NCC(C)(C)N2C[C@@H](C)O[C@H](C)C2)ccc1OC(C)C. The van der Waals surface area contributed by atoms with Crippen molar-refractivity contribution in [1.29, 1.82) is 0 Å². The van der Waals surface area contributed by atoms with Crippen molar-refractivity contribution in [2.75, 3.05) is 26.7 Å². The predicted octanol–water partition coefficient (Wildman–Crippen LogP) is 3.50. The van der Waals surface area contributed by atoms with Crippen LogP contribution in [0.2, 0.25) is 0 Å². The van der Waals surface area contributed by atoms with E-state index in [1.165, 1.54) is 0 Å². The van der Waals surface area contributed by atoms with E-state index in [0.29, 0.717) is 18.0 Å². The Morgan fingerprint density at radius 2 is 1.93 bits per heavy atom. The van der Waals surface area contributed by atoms with Crippen LogP contribution in [-0.2, 0) is 9.53 Å². The largest absolute Gasteiger partial charge is 0.493 e. The van der Waals surface area contributed by atoms with Gasteiger partial charge in [-0.05, 0) is 65.3 Å². The number of nitrogens with one attached hydrogen (secondary N) is 1. The van der Waals surface area contributed by atoms with Crippen LogP contribution in [-0.4, -0.2) is 61.4 Å². The Balaban J connectivity index is 1.93. The summed E-state index contributed by atoms with van der Waals surface area (Å²) in [6, 6.07) is 5.63. The van der Waals surface area contributed by atoms with E-state index in [1.54, 1.807) is 19.3 Å². The standard InChI is InChI=1S/C23H36N2O4/c1-16(2)28-20-10-8-19(12-21(20)27-7)9-11-22(26)24-15-23(5,6)25-13-17(3)29-18(4)14-25/h8-12,16-18H,13-15H2,1-7H3,(H,24,26)/b11-9+/t17-,18-/m1/s1. The number of morpholine rings is 1. The lowest BCUT2D eigenvalue weighted by atomic mass is 10.00. The number of carbonyl (C=O) groups is 1. The van der Waals surface area contributed by atoms with Crippen molar-refractivity contribution in [3.05, 3.63) is 29.8 Å². The molecule has 162 valence electrons. The summed E-state index contributed by atoms with van der Waals surface area (Å²) >= 11 is 0. The molecule has 0 spiro atoms. The van der Waals surface area contributed by atoms with Gasteiger partial charge in [-0.2, -0.15) is 0 Å². The lowest BCUT2D eigenvalue weighted by Gasteiger charge is -2.45. The average Bonchev–Trinajstić information content (AvgIpc) is 2.64. The molecule has 2 atom stereocenters. The van der Waals surface area contributed by atoms with Gasteiger partial charge in [-0.15, -0.1) is 0 Å². The van der Waals surface area contributed by atoms with Crippen LogP contribution in [0.3, 0.4) is 0 Å². The Bertz CT molecular complexity index is 705. The van der Waals surface area contributed by atoms with Crippen molar-refractivity contribution in [2.45, 2.75) is 65.4 Å². The number of benzene rings is 1. The third-order valence-corrected chi connectivity index (χ3v) is 4.95. The zero-order valence-electron chi connectivity index (χ0n) is 18.8. The highest BCUT2D eigenvalue weighted by molar-refractivity contribution is 5.91. The molecular formula is C23H36N2O4. The molecule has 1 aliphatic rings. The van der Waals surface area contributed by atoms with Crippen molar-refractivity contribution < 1.29 is 19.0 Å². The first-order valence-corrected chi connectivity index (χ1v) is 10.3. The third-order valence-electron chi connectivity index (χ3n) is 4.95. The monoisotopic (exact) mass is 404 g/mol. The molecule has 6 heteroatoms. The first-order valence-electron chi connectivity index (χ1n) is 10.3. The van der Waals surface area contributed by atoms with E-state index < -0.39 is 0 Å². The zero-order valence-corrected chi connectivity index (χ0v) is 18.8. The average molecular weight is 405 g/mol. The number of carbonyl (C=O) groups excluding carboxylic acids is 1. The van der Waals surface area contributed by atoms with E-state index >= 15 is 0 Å². The van der Waals surface area contributed by atoms with Crippen LogP contribution in [0.1, 0.15) is 47.1 Å². The summed E-state index contributed by atoms with van der Waals surface area (Å²) in [7, 11) is 1.61. The topological polar surface area (TPSA) is 60.0 Å². The molecule has 0 radical (unpaired) electrons. The molecule has 29 heavy (non-hydrogen) atoms. The Hall–Kier alpha value is -2.05. The molecular weight excluding hydrogens is 368 g/mol. The van der Waals surface area contributed by atoms with E-state index in [1.807, 2.05) is 32.0 Å². The minimum absolute atomic E-state index is 0.0665. The Morgan fingerprint density at radius 3 is 2.52 bits per heavy atom. The van der Waals surface area contributed by atoms with E-state index in [9.17, 15) is 4.79 Å². The molecule has 0 unspecified atom stereocenters. The summed E-state index contributed by atoms with van der Waals surface area (Å²) in [5.74, 6) is 1.23. The quantitative estimate of drug-likeness (QED) is 0.672. The molecule has 0 aliphatic carbocycles. The molecule has 1 fully saturated rings. The van der Waals surface area contributed by atoms with Crippen LogP contribution in [0, 0.1) is 0 Å². The first-order chi connectivity index (χ1) is 13.6. The van der Waals surface area contributed by atoms with E-state index in [-0.39, 0.29) is 29.8 Å². The number of rotatable bonds is 8. The second-order valence-corrected chi connectivity index (χ2v) is 8.60. The van der Waals surface area contributed by atoms with Gasteiger partial charge in [0.05, 0.1) is 25.4 Å². The summed E-state index contributed by atoms with van der Waals surface area (Å²) < 4.78 is 16.9. The molecule has 0 bridgehead atoms. The van der Waals surface area contributed by atoms with Crippen LogP contribution < -0.4 is 14.8 Å². The Kier molecular flexibility index (Phi) is 8.11. The lowest BCUT2D eigenvalue weighted by molar-refractivity contribution is -0.118. The normalized spacial score (nSPS) is 20.8. The van der Waals surface area contributed by atoms with Gasteiger partial charge in [-0.25, -0.2) is 0 Å². The lowest BCUT2D eigenvalue weighted by Crippen LogP contribution is -2.58. The van der Waals surface area contributed by atoms with Gasteiger partial charge in [0.1, 0.15) is 0 Å². The zero-order chi connectivity index (χ0) is 21.6. The first kappa shape index (κ1) is 23.2. The summed E-state index contributed by atoms with van der Waals surface area (Å²) in [4.78, 5) is 14.7. The number of methoxy groups -OCH3 is 1. The van der Waals surface area contributed by atoms with Gasteiger partial charge in [-0.3, -0.25) is 9.69 Å².